The van der Waals surface area contributed by atoms with Gasteiger partial charge < -0.3 is 15.5 Å². The summed E-state index contributed by atoms with van der Waals surface area (Å²) in [6.45, 7) is 1.61. The second-order valence-electron chi connectivity index (χ2n) is 4.60. The summed E-state index contributed by atoms with van der Waals surface area (Å²) in [6, 6.07) is 0.115. The number of carbonyl (C=O) groups is 1. The van der Waals surface area contributed by atoms with Crippen molar-refractivity contribution in [1.82, 2.24) is 25.3 Å². The zero-order chi connectivity index (χ0) is 13.2. The Hall–Kier alpha value is -1.93. The molecule has 8 nitrogen and oxygen atoms in total. The number of primary amides is 1. The van der Waals surface area contributed by atoms with Crippen LogP contribution < -0.4 is 11.1 Å². The van der Waals surface area contributed by atoms with Gasteiger partial charge in [-0.25, -0.2) is 9.67 Å². The second-order valence-corrected chi connectivity index (χ2v) is 4.60. The van der Waals surface area contributed by atoms with Gasteiger partial charge in [-0.15, -0.1) is 17.5 Å². The maximum Gasteiger partial charge on any atom is 0.270 e. The lowest BCUT2D eigenvalue weighted by Crippen LogP contribution is -2.36. The minimum atomic E-state index is -0.568. The largest absolute Gasteiger partial charge is 0.448 e. The summed E-state index contributed by atoms with van der Waals surface area (Å²) in [5.41, 5.74) is 5.35. The van der Waals surface area contributed by atoms with Gasteiger partial charge in [0.05, 0.1) is 18.4 Å². The molecule has 0 saturated carbocycles. The lowest BCUT2D eigenvalue weighted by atomic mass is 9.94. The maximum atomic E-state index is 11.0. The predicted molar refractivity (Wildman–Crippen MR) is 71.6 cm³/mol. The molecule has 1 saturated heterocycles. The number of piperidine rings is 1. The van der Waals surface area contributed by atoms with E-state index in [1.54, 1.807) is 17.1 Å². The van der Waals surface area contributed by atoms with Crippen LogP contribution in [0.1, 0.15) is 34.6 Å². The zero-order valence-electron chi connectivity index (χ0n) is 10.6. The number of aromatic nitrogens is 4. The van der Waals surface area contributed by atoms with E-state index in [4.69, 9.17) is 10.2 Å². The first-order chi connectivity index (χ1) is 9.24. The lowest BCUT2D eigenvalue weighted by molar-refractivity contribution is 0.0995. The minimum absolute atomic E-state index is 0. The van der Waals surface area contributed by atoms with Crippen molar-refractivity contribution < 1.29 is 9.21 Å². The average Bonchev–Trinajstić information content (AvgIpc) is 3.10. The van der Waals surface area contributed by atoms with Crippen LogP contribution in [0.3, 0.4) is 0 Å². The van der Waals surface area contributed by atoms with Crippen LogP contribution >= 0.6 is 12.4 Å². The van der Waals surface area contributed by atoms with Crippen LogP contribution in [0.25, 0.3) is 0 Å². The van der Waals surface area contributed by atoms with Crippen molar-refractivity contribution in [3.8, 4) is 0 Å². The molecule has 1 aliphatic rings. The molecule has 1 amide bonds. The van der Waals surface area contributed by atoms with E-state index in [9.17, 15) is 4.79 Å². The molecule has 20 heavy (non-hydrogen) atoms. The number of carbonyl (C=O) groups excluding carboxylic acids is 1. The van der Waals surface area contributed by atoms with E-state index >= 15 is 0 Å². The fourth-order valence-corrected chi connectivity index (χ4v) is 2.33. The molecule has 1 fully saturated rings. The minimum Gasteiger partial charge on any atom is -0.448 e. The fourth-order valence-electron chi connectivity index (χ4n) is 2.33. The summed E-state index contributed by atoms with van der Waals surface area (Å²) in [6.07, 6.45) is 5.59. The van der Waals surface area contributed by atoms with E-state index in [0.29, 0.717) is 0 Å². The van der Waals surface area contributed by atoms with Gasteiger partial charge >= 0.3 is 0 Å². The number of nitrogens with zero attached hydrogens (tertiary/aromatic N) is 4. The van der Waals surface area contributed by atoms with Crippen LogP contribution in [0.2, 0.25) is 0 Å². The van der Waals surface area contributed by atoms with Crippen molar-refractivity contribution in [2.24, 2.45) is 5.73 Å². The van der Waals surface area contributed by atoms with Gasteiger partial charge in [-0.2, -0.15) is 0 Å². The van der Waals surface area contributed by atoms with E-state index in [1.165, 1.54) is 6.39 Å². The third-order valence-corrected chi connectivity index (χ3v) is 3.32. The van der Waals surface area contributed by atoms with Crippen LogP contribution in [0.15, 0.2) is 23.2 Å². The third-order valence-electron chi connectivity index (χ3n) is 3.32. The number of hydrogen-bond acceptors (Lipinski definition) is 6. The third kappa shape index (κ3) is 2.81. The molecule has 0 aliphatic carbocycles. The molecule has 2 aromatic rings. The number of hydrogen-bond donors (Lipinski definition) is 2. The van der Waals surface area contributed by atoms with Crippen LogP contribution in [0.5, 0.6) is 0 Å². The van der Waals surface area contributed by atoms with Gasteiger partial charge in [0.25, 0.3) is 5.91 Å². The van der Waals surface area contributed by atoms with Gasteiger partial charge in [-0.1, -0.05) is 5.21 Å². The summed E-state index contributed by atoms with van der Waals surface area (Å²) in [4.78, 5) is 14.9. The molecule has 3 rings (SSSR count). The number of nitrogens with two attached hydrogens (primary N) is 1. The SMILES string of the molecule is Cl.NC(=O)c1cn([C@@H]2CNC[C@H](c3cnco3)C2)nn1. The molecule has 0 bridgehead atoms. The normalized spacial score (nSPS) is 22.2. The second kappa shape index (κ2) is 6.02. The molecule has 0 unspecified atom stereocenters. The van der Waals surface area contributed by atoms with E-state index in [2.05, 4.69) is 20.6 Å². The quantitative estimate of drug-likeness (QED) is 0.831. The van der Waals surface area contributed by atoms with Gasteiger partial charge in [-0.3, -0.25) is 4.79 Å². The average molecular weight is 299 g/mol. The lowest BCUT2D eigenvalue weighted by Gasteiger charge is -2.28. The first-order valence-corrected chi connectivity index (χ1v) is 6.05. The van der Waals surface area contributed by atoms with E-state index < -0.39 is 5.91 Å². The number of rotatable bonds is 3. The van der Waals surface area contributed by atoms with Crippen LogP contribution in [0.4, 0.5) is 0 Å². The van der Waals surface area contributed by atoms with E-state index in [1.807, 2.05) is 0 Å². The van der Waals surface area contributed by atoms with Gasteiger partial charge in [0, 0.05) is 19.0 Å². The first-order valence-electron chi connectivity index (χ1n) is 6.05. The van der Waals surface area contributed by atoms with Crippen molar-refractivity contribution in [3.05, 3.63) is 30.2 Å². The van der Waals surface area contributed by atoms with Crippen LogP contribution in [-0.4, -0.2) is 39.0 Å². The summed E-state index contributed by atoms with van der Waals surface area (Å²) in [5.74, 6) is 0.525. The van der Waals surface area contributed by atoms with Crippen molar-refractivity contribution >= 4 is 18.3 Å². The Labute approximate surface area is 121 Å². The van der Waals surface area contributed by atoms with Gasteiger partial charge in [0.15, 0.2) is 12.1 Å². The molecule has 2 aromatic heterocycles. The van der Waals surface area contributed by atoms with Crippen molar-refractivity contribution in [1.29, 1.82) is 0 Å². The summed E-state index contributed by atoms with van der Waals surface area (Å²) >= 11 is 0. The number of amides is 1. The van der Waals surface area contributed by atoms with Gasteiger partial charge in [0.1, 0.15) is 5.76 Å². The molecule has 2 atom stereocenters. The molecule has 3 heterocycles. The monoisotopic (exact) mass is 298 g/mol. The van der Waals surface area contributed by atoms with Crippen LogP contribution in [-0.2, 0) is 0 Å². The number of nitrogens with one attached hydrogen (secondary N) is 1. The number of oxazole rings is 1. The molecule has 108 valence electrons. The topological polar surface area (TPSA) is 112 Å². The Kier molecular flexibility index (Phi) is 4.35. The Bertz CT molecular complexity index is 569. The van der Waals surface area contributed by atoms with Crippen molar-refractivity contribution in [2.75, 3.05) is 13.1 Å². The Balaban J connectivity index is 0.00000147. The molecule has 9 heteroatoms. The highest BCUT2D eigenvalue weighted by molar-refractivity contribution is 5.90. The molecule has 0 radical (unpaired) electrons. The molecule has 1 aliphatic heterocycles. The first kappa shape index (κ1) is 14.5. The van der Waals surface area contributed by atoms with E-state index in [-0.39, 0.29) is 30.1 Å². The van der Waals surface area contributed by atoms with Crippen molar-refractivity contribution in [3.63, 3.8) is 0 Å². The van der Waals surface area contributed by atoms with Gasteiger partial charge in [-0.05, 0) is 6.42 Å². The summed E-state index contributed by atoms with van der Waals surface area (Å²) in [5, 5.41) is 11.0. The standard InChI is InChI=1S/C11H14N6O2.ClH/c12-11(18)9-5-17(16-15-9)8-1-7(2-13-3-8)10-4-14-6-19-10;/h4-8,13H,1-3H2,(H2,12,18);1H/t7-,8+;/m1./s1. The van der Waals surface area contributed by atoms with Gasteiger partial charge in [0.2, 0.25) is 0 Å². The summed E-state index contributed by atoms with van der Waals surface area (Å²) in [7, 11) is 0. The van der Waals surface area contributed by atoms with Crippen LogP contribution in [0, 0.1) is 0 Å². The number of halogens is 1. The zero-order valence-corrected chi connectivity index (χ0v) is 11.4. The molecule has 3 N–H and O–H groups in total. The molecular weight excluding hydrogens is 284 g/mol. The van der Waals surface area contributed by atoms with Crippen molar-refractivity contribution in [2.45, 2.75) is 18.4 Å². The fraction of sp³-hybridized carbons (Fsp3) is 0.455. The Morgan fingerprint density at radius 3 is 3.00 bits per heavy atom. The molecule has 0 aromatic carbocycles. The highest BCUT2D eigenvalue weighted by atomic mass is 35.5. The highest BCUT2D eigenvalue weighted by Gasteiger charge is 2.27. The summed E-state index contributed by atoms with van der Waals surface area (Å²) < 4.78 is 7.01. The molecule has 0 spiro atoms. The maximum absolute atomic E-state index is 11.0. The Morgan fingerprint density at radius 2 is 2.35 bits per heavy atom. The highest BCUT2D eigenvalue weighted by Crippen LogP contribution is 2.28. The molecular formula is C11H15ClN6O2. The predicted octanol–water partition coefficient (Wildman–Crippen LogP) is 0.105. The smallest absolute Gasteiger partial charge is 0.270 e. The Morgan fingerprint density at radius 1 is 1.50 bits per heavy atom. The van der Waals surface area contributed by atoms with E-state index in [0.717, 1.165) is 25.3 Å².